The number of fused-ring (bicyclic) bond motifs is 1. The van der Waals surface area contributed by atoms with Crippen molar-refractivity contribution in [1.29, 1.82) is 0 Å². The van der Waals surface area contributed by atoms with Gasteiger partial charge in [-0.1, -0.05) is 0 Å². The molecule has 0 unspecified atom stereocenters. The number of hydrogen-bond donors (Lipinski definition) is 2. The third kappa shape index (κ3) is 4.54. The summed E-state index contributed by atoms with van der Waals surface area (Å²) in [6.07, 6.45) is 5.23. The summed E-state index contributed by atoms with van der Waals surface area (Å²) >= 11 is 5.83. The van der Waals surface area contributed by atoms with E-state index < -0.39 is 5.60 Å². The number of hydrogen-bond acceptors (Lipinski definition) is 5. The Kier molecular flexibility index (Phi) is 5.74. The van der Waals surface area contributed by atoms with Crippen LogP contribution in [0.4, 0.5) is 10.5 Å². The van der Waals surface area contributed by atoms with Crippen LogP contribution in [0.3, 0.4) is 0 Å². The van der Waals surface area contributed by atoms with E-state index in [0.717, 1.165) is 34.0 Å². The van der Waals surface area contributed by atoms with Crippen LogP contribution in [0.1, 0.15) is 33.6 Å². The highest BCUT2D eigenvalue weighted by molar-refractivity contribution is 14.2. The van der Waals surface area contributed by atoms with Crippen LogP contribution in [0.25, 0.3) is 11.0 Å². The second-order valence-electron chi connectivity index (χ2n) is 7.08. The molecule has 2 N–H and O–H groups in total. The molecule has 0 saturated heterocycles. The third-order valence-electron chi connectivity index (χ3n) is 3.92. The average molecular weight is 539 g/mol. The molecule has 9 heteroatoms. The van der Waals surface area contributed by atoms with E-state index in [9.17, 15) is 4.79 Å². The number of amides is 1. The van der Waals surface area contributed by atoms with Crippen molar-refractivity contribution in [3.8, 4) is 0 Å². The lowest BCUT2D eigenvalue weighted by molar-refractivity contribution is 0.0475. The van der Waals surface area contributed by atoms with E-state index in [1.807, 2.05) is 37.1 Å². The van der Waals surface area contributed by atoms with Gasteiger partial charge in [0.1, 0.15) is 5.60 Å². The number of rotatable bonds is 4. The summed E-state index contributed by atoms with van der Waals surface area (Å²) < 4.78 is 8.27. The molecule has 1 amide bonds. The summed E-state index contributed by atoms with van der Waals surface area (Å²) in [6.45, 7) is 5.60. The van der Waals surface area contributed by atoms with E-state index >= 15 is 0 Å². The molecule has 0 bridgehead atoms. The van der Waals surface area contributed by atoms with Gasteiger partial charge in [0, 0.05) is 60.2 Å². The van der Waals surface area contributed by atoms with Crippen LogP contribution in [0.2, 0.25) is 0 Å². The van der Waals surface area contributed by atoms with Crippen molar-refractivity contribution in [2.75, 3.05) is 5.32 Å². The molecule has 3 rings (SSSR count). The van der Waals surface area contributed by atoms with Gasteiger partial charge in [-0.25, -0.2) is 9.78 Å². The van der Waals surface area contributed by atoms with E-state index in [4.69, 9.17) is 4.74 Å². The number of aromatic nitrogens is 2. The fourth-order valence-corrected chi connectivity index (χ4v) is 4.47. The first kappa shape index (κ1) is 19.1. The first-order chi connectivity index (χ1) is 11.8. The van der Waals surface area contributed by atoms with Gasteiger partial charge in [0.05, 0.1) is 10.2 Å². The monoisotopic (exact) mass is 538 g/mol. The second kappa shape index (κ2) is 7.51. The summed E-state index contributed by atoms with van der Waals surface area (Å²) in [6, 6.07) is 2.53. The Hall–Kier alpha value is -0.680. The molecule has 1 saturated carbocycles. The van der Waals surface area contributed by atoms with Crippen molar-refractivity contribution >= 4 is 69.1 Å². The second-order valence-corrected chi connectivity index (χ2v) is 9.65. The molecule has 2 aromatic rings. The number of halogens is 2. The molecule has 0 aromatic carbocycles. The molecule has 1 aliphatic rings. The molecule has 25 heavy (non-hydrogen) atoms. The van der Waals surface area contributed by atoms with E-state index in [0.29, 0.717) is 6.04 Å². The van der Waals surface area contributed by atoms with Crippen molar-refractivity contribution < 1.29 is 9.53 Å². The zero-order valence-electron chi connectivity index (χ0n) is 14.2. The molecule has 0 aliphatic heterocycles. The molecule has 136 valence electrons. The molecule has 2 aromatic heterocycles. The fourth-order valence-electron chi connectivity index (χ4n) is 2.77. The summed E-state index contributed by atoms with van der Waals surface area (Å²) in [5, 5.41) is 7.58. The van der Waals surface area contributed by atoms with Crippen molar-refractivity contribution in [3.05, 3.63) is 22.9 Å². The Morgan fingerprint density at radius 2 is 2.16 bits per heavy atom. The van der Waals surface area contributed by atoms with Crippen LogP contribution in [0.15, 0.2) is 22.9 Å². The van der Waals surface area contributed by atoms with Gasteiger partial charge in [0.25, 0.3) is 0 Å². The number of carbonyl (C=O) groups is 1. The maximum Gasteiger partial charge on any atom is 0.407 e. The fraction of sp³-hybridized carbons (Fsp3) is 0.500. The molecular weight excluding hydrogens is 519 g/mol. The first-order valence-corrected chi connectivity index (χ1v) is 12.1. The van der Waals surface area contributed by atoms with Crippen molar-refractivity contribution in [3.63, 3.8) is 0 Å². The first-order valence-electron chi connectivity index (χ1n) is 7.97. The number of pyridine rings is 1. The maximum atomic E-state index is 11.8. The van der Waals surface area contributed by atoms with Crippen molar-refractivity contribution in [2.45, 2.75) is 51.3 Å². The number of alkyl carbamates (subject to hydrolysis) is 1. The topological polar surface area (TPSA) is 68.2 Å². The molecule has 0 spiro atoms. The average Bonchev–Trinajstić information content (AvgIpc) is 2.88. The molecular formula is C16H20BrIN4O2S. The van der Waals surface area contributed by atoms with E-state index in [1.165, 1.54) is 0 Å². The Morgan fingerprint density at radius 1 is 1.44 bits per heavy atom. The number of nitrogens with one attached hydrogen (secondary N) is 2. The van der Waals surface area contributed by atoms with Crippen LogP contribution >= 0.6 is 46.3 Å². The van der Waals surface area contributed by atoms with Gasteiger partial charge in [-0.05, 0) is 55.6 Å². The zero-order valence-corrected chi connectivity index (χ0v) is 18.7. The predicted octanol–water partition coefficient (Wildman–Crippen LogP) is 5.11. The predicted molar refractivity (Wildman–Crippen MR) is 114 cm³/mol. The molecule has 1 fully saturated rings. The number of carbonyl (C=O) groups excluding carboxylic acids is 1. The minimum absolute atomic E-state index is 0.151. The highest BCUT2D eigenvalue weighted by atomic mass is 127. The highest BCUT2D eigenvalue weighted by Gasteiger charge is 2.32. The Morgan fingerprint density at radius 3 is 2.80 bits per heavy atom. The van der Waals surface area contributed by atoms with Gasteiger partial charge >= 0.3 is 6.09 Å². The molecule has 1 aliphatic carbocycles. The van der Waals surface area contributed by atoms with Crippen LogP contribution in [0.5, 0.6) is 0 Å². The van der Waals surface area contributed by atoms with Gasteiger partial charge < -0.3 is 15.4 Å². The van der Waals surface area contributed by atoms with E-state index in [2.05, 4.69) is 58.8 Å². The highest BCUT2D eigenvalue weighted by Crippen LogP contribution is 2.36. The summed E-state index contributed by atoms with van der Waals surface area (Å²) in [5.74, 6) is 0. The molecule has 2 heterocycles. The zero-order chi connectivity index (χ0) is 18.2. The number of nitrogens with zero attached hydrogens (tertiary/aromatic N) is 2. The normalized spacial score (nSPS) is 20.2. The number of anilines is 1. The number of ether oxygens (including phenoxy) is 1. The lowest BCUT2D eigenvalue weighted by Gasteiger charge is -2.37. The van der Waals surface area contributed by atoms with Gasteiger partial charge in [0.15, 0.2) is 5.65 Å². The summed E-state index contributed by atoms with van der Waals surface area (Å²) in [4.78, 5) is 16.3. The Labute approximate surface area is 171 Å². The minimum Gasteiger partial charge on any atom is -0.444 e. The Balaban J connectivity index is 1.60. The molecule has 0 atom stereocenters. The summed E-state index contributed by atoms with van der Waals surface area (Å²) in [7, 11) is 1.59. The van der Waals surface area contributed by atoms with E-state index in [1.54, 1.807) is 9.12 Å². The van der Waals surface area contributed by atoms with Crippen molar-refractivity contribution in [2.24, 2.45) is 0 Å². The van der Waals surface area contributed by atoms with Crippen LogP contribution < -0.4 is 10.6 Å². The standard InChI is InChI=1S/C16H20BrIN4O2S/c1-16(2,3)24-15(23)21-10-6-9(7-10)20-13-11-4-5-22(25-18)14(11)19-8-12(13)17/h4-5,8-10H,6-7H2,1-3H3,(H,19,20)(H,21,23)/t9-,10+. The van der Waals surface area contributed by atoms with Gasteiger partial charge in [-0.3, -0.25) is 3.97 Å². The SMILES string of the molecule is CC(C)(C)OC(=O)N[C@H]1C[C@@H](Nc2c(Br)cnc3c2ccn3SI)C1. The van der Waals surface area contributed by atoms with Gasteiger partial charge in [-0.2, -0.15) is 0 Å². The quantitative estimate of drug-likeness (QED) is 0.529. The minimum atomic E-state index is -0.469. The summed E-state index contributed by atoms with van der Waals surface area (Å²) in [5.41, 5.74) is 1.52. The lowest BCUT2D eigenvalue weighted by Crippen LogP contribution is -2.50. The maximum absolute atomic E-state index is 11.8. The van der Waals surface area contributed by atoms with Crippen molar-refractivity contribution in [1.82, 2.24) is 14.3 Å². The van der Waals surface area contributed by atoms with Gasteiger partial charge in [-0.15, -0.1) is 0 Å². The molecule has 6 nitrogen and oxygen atoms in total. The van der Waals surface area contributed by atoms with Crippen LogP contribution in [-0.2, 0) is 4.74 Å². The lowest BCUT2D eigenvalue weighted by atomic mass is 9.86. The van der Waals surface area contributed by atoms with Crippen LogP contribution in [-0.4, -0.2) is 32.7 Å². The largest absolute Gasteiger partial charge is 0.444 e. The van der Waals surface area contributed by atoms with Gasteiger partial charge in [0.2, 0.25) is 0 Å². The smallest absolute Gasteiger partial charge is 0.407 e. The molecule has 0 radical (unpaired) electrons. The third-order valence-corrected chi connectivity index (χ3v) is 6.23. The van der Waals surface area contributed by atoms with Crippen LogP contribution in [0, 0.1) is 0 Å². The Bertz CT molecular complexity index is 786. The van der Waals surface area contributed by atoms with E-state index in [-0.39, 0.29) is 12.1 Å².